The Hall–Kier alpha value is -2.37. The molecule has 6 atom stereocenters. The first-order chi connectivity index (χ1) is 13.0. The molecule has 4 rings (SSSR count). The third-order valence-electron chi connectivity index (χ3n) is 5.20. The number of hydrogen-bond acceptors (Lipinski definition) is 9. The van der Waals surface area contributed by atoms with Gasteiger partial charge in [0.25, 0.3) is 0 Å². The molecule has 1 fully saturated rings. The van der Waals surface area contributed by atoms with Gasteiger partial charge in [-0.3, -0.25) is 21.0 Å². The molecule has 0 saturated carbocycles. The number of aliphatic imine (C=N–C) groups is 2. The SMILES string of the molecule is N=C1N=CN(Cc2ccccc2)C2(N)C1N=CN2[C@@H]1O[C@H](CO)[C@@H](O)[C@H]1O. The average molecular weight is 374 g/mol. The number of aliphatic hydroxyl groups is 3. The lowest BCUT2D eigenvalue weighted by atomic mass is 10.0. The molecule has 27 heavy (non-hydrogen) atoms. The van der Waals surface area contributed by atoms with E-state index < -0.39 is 43.0 Å². The Morgan fingerprint density at radius 2 is 1.93 bits per heavy atom. The molecule has 10 heteroatoms. The molecule has 0 bridgehead atoms. The largest absolute Gasteiger partial charge is 0.394 e. The quantitative estimate of drug-likeness (QED) is 0.420. The number of aliphatic hydroxyl groups excluding tert-OH is 3. The molecule has 1 aromatic carbocycles. The van der Waals surface area contributed by atoms with Crippen molar-refractivity contribution in [3.63, 3.8) is 0 Å². The van der Waals surface area contributed by atoms with Crippen LogP contribution in [0.4, 0.5) is 0 Å². The molecule has 10 nitrogen and oxygen atoms in total. The molecular formula is C17H22N6O4. The van der Waals surface area contributed by atoms with Gasteiger partial charge in [0.1, 0.15) is 18.3 Å². The van der Waals surface area contributed by atoms with Crippen LogP contribution in [0.3, 0.4) is 0 Å². The molecule has 3 heterocycles. The summed E-state index contributed by atoms with van der Waals surface area (Å²) >= 11 is 0. The van der Waals surface area contributed by atoms with Gasteiger partial charge in [-0.05, 0) is 5.56 Å². The van der Waals surface area contributed by atoms with Crippen LogP contribution in [0.25, 0.3) is 0 Å². The molecular weight excluding hydrogens is 352 g/mol. The number of nitrogens with one attached hydrogen (secondary N) is 1. The molecule has 0 aliphatic carbocycles. The zero-order chi connectivity index (χ0) is 19.2. The van der Waals surface area contributed by atoms with Crippen molar-refractivity contribution in [2.24, 2.45) is 15.7 Å². The van der Waals surface area contributed by atoms with Crippen molar-refractivity contribution in [2.75, 3.05) is 6.61 Å². The van der Waals surface area contributed by atoms with Crippen LogP contribution < -0.4 is 5.73 Å². The Kier molecular flexibility index (Phi) is 4.44. The van der Waals surface area contributed by atoms with Gasteiger partial charge in [0.05, 0.1) is 19.3 Å². The molecule has 144 valence electrons. The summed E-state index contributed by atoms with van der Waals surface area (Å²) < 4.78 is 5.63. The third-order valence-corrected chi connectivity index (χ3v) is 5.20. The van der Waals surface area contributed by atoms with Crippen LogP contribution in [0.15, 0.2) is 40.3 Å². The lowest BCUT2D eigenvalue weighted by molar-refractivity contribution is -0.124. The van der Waals surface area contributed by atoms with Crippen LogP contribution in [0.2, 0.25) is 0 Å². The van der Waals surface area contributed by atoms with E-state index in [1.54, 1.807) is 4.90 Å². The minimum absolute atomic E-state index is 0.00712. The van der Waals surface area contributed by atoms with E-state index >= 15 is 0 Å². The Morgan fingerprint density at radius 3 is 2.59 bits per heavy atom. The lowest BCUT2D eigenvalue weighted by Crippen LogP contribution is -2.74. The molecule has 6 N–H and O–H groups in total. The molecule has 0 amide bonds. The summed E-state index contributed by atoms with van der Waals surface area (Å²) in [5.41, 5.74) is 7.71. The number of benzene rings is 1. The smallest absolute Gasteiger partial charge is 0.201 e. The van der Waals surface area contributed by atoms with Crippen LogP contribution in [0, 0.1) is 5.41 Å². The molecule has 3 aliphatic rings. The second kappa shape index (κ2) is 6.66. The Bertz CT molecular complexity index is 774. The maximum absolute atomic E-state index is 10.4. The predicted octanol–water partition coefficient (Wildman–Crippen LogP) is -1.73. The first-order valence-electron chi connectivity index (χ1n) is 8.63. The van der Waals surface area contributed by atoms with E-state index in [9.17, 15) is 15.3 Å². The second-order valence-corrected chi connectivity index (χ2v) is 6.83. The van der Waals surface area contributed by atoms with Gasteiger partial charge in [0.15, 0.2) is 18.1 Å². The van der Waals surface area contributed by atoms with Crippen molar-refractivity contribution >= 4 is 18.5 Å². The van der Waals surface area contributed by atoms with Crippen molar-refractivity contribution in [1.29, 1.82) is 5.41 Å². The Labute approximate surface area is 155 Å². The second-order valence-electron chi connectivity index (χ2n) is 6.83. The summed E-state index contributed by atoms with van der Waals surface area (Å²) in [5.74, 6) is -1.35. The normalized spacial score (nSPS) is 37.9. The number of fused-ring (bicyclic) bond motifs is 1. The van der Waals surface area contributed by atoms with Crippen molar-refractivity contribution in [3.05, 3.63) is 35.9 Å². The lowest BCUT2D eigenvalue weighted by Gasteiger charge is -2.49. The minimum atomic E-state index is -1.34. The van der Waals surface area contributed by atoms with Gasteiger partial charge < -0.3 is 25.0 Å². The zero-order valence-corrected chi connectivity index (χ0v) is 14.5. The summed E-state index contributed by atoms with van der Waals surface area (Å²) in [6.07, 6.45) is -1.61. The summed E-state index contributed by atoms with van der Waals surface area (Å²) in [6, 6.07) is 8.83. The molecule has 3 aliphatic heterocycles. The van der Waals surface area contributed by atoms with E-state index in [1.165, 1.54) is 17.6 Å². The first kappa shape index (κ1) is 18.0. The topological polar surface area (TPSA) is 151 Å². The van der Waals surface area contributed by atoms with E-state index in [2.05, 4.69) is 9.98 Å². The first-order valence-corrected chi connectivity index (χ1v) is 8.63. The van der Waals surface area contributed by atoms with E-state index in [-0.39, 0.29) is 5.84 Å². The third kappa shape index (κ3) is 2.73. The van der Waals surface area contributed by atoms with E-state index in [1.807, 2.05) is 30.3 Å². The highest BCUT2D eigenvalue weighted by atomic mass is 16.6. The fourth-order valence-corrected chi connectivity index (χ4v) is 3.68. The summed E-state index contributed by atoms with van der Waals surface area (Å²) in [6.45, 7) is -0.0367. The van der Waals surface area contributed by atoms with Crippen molar-refractivity contribution in [1.82, 2.24) is 9.80 Å². The van der Waals surface area contributed by atoms with E-state index in [4.69, 9.17) is 15.9 Å². The Morgan fingerprint density at radius 1 is 1.19 bits per heavy atom. The Balaban J connectivity index is 1.67. The fourth-order valence-electron chi connectivity index (χ4n) is 3.68. The number of rotatable bonds is 4. The van der Waals surface area contributed by atoms with Gasteiger partial charge in [-0.25, -0.2) is 4.99 Å². The van der Waals surface area contributed by atoms with Crippen molar-refractivity contribution < 1.29 is 20.1 Å². The van der Waals surface area contributed by atoms with Crippen molar-refractivity contribution in [3.8, 4) is 0 Å². The summed E-state index contributed by atoms with van der Waals surface area (Å²) in [5, 5.41) is 38.0. The molecule has 0 spiro atoms. The maximum Gasteiger partial charge on any atom is 0.201 e. The average Bonchev–Trinajstić information content (AvgIpc) is 3.17. The van der Waals surface area contributed by atoms with Crippen LogP contribution in [0.1, 0.15) is 5.56 Å². The molecule has 2 unspecified atom stereocenters. The fraction of sp³-hybridized carbons (Fsp3) is 0.471. The standard InChI is InChI=1S/C17H22N6O4/c18-15-14-17(19,22(8-21-15)6-10-4-2-1-3-5-10)23(9-20-14)16-13(26)12(25)11(7-24)27-16/h1-5,8-9,11-14,16,18,24-26H,6-7,19H2/t11-,12-,13-,14?,16-,17?/m1/s1. The minimum Gasteiger partial charge on any atom is -0.394 e. The van der Waals surface area contributed by atoms with Crippen LogP contribution in [-0.4, -0.2) is 86.6 Å². The predicted molar refractivity (Wildman–Crippen MR) is 97.0 cm³/mol. The van der Waals surface area contributed by atoms with Gasteiger partial charge in [-0.2, -0.15) is 0 Å². The van der Waals surface area contributed by atoms with E-state index in [0.29, 0.717) is 6.54 Å². The van der Waals surface area contributed by atoms with Crippen LogP contribution in [0.5, 0.6) is 0 Å². The summed E-state index contributed by atoms with van der Waals surface area (Å²) in [7, 11) is 0. The van der Waals surface area contributed by atoms with Crippen LogP contribution in [-0.2, 0) is 11.3 Å². The molecule has 0 radical (unpaired) electrons. The molecule has 1 saturated heterocycles. The monoisotopic (exact) mass is 374 g/mol. The van der Waals surface area contributed by atoms with Crippen molar-refractivity contribution in [2.45, 2.75) is 42.9 Å². The molecule has 0 aromatic heterocycles. The van der Waals surface area contributed by atoms with Gasteiger partial charge >= 0.3 is 0 Å². The number of amidine groups is 1. The van der Waals surface area contributed by atoms with Gasteiger partial charge in [-0.1, -0.05) is 30.3 Å². The number of ether oxygens (including phenoxy) is 1. The zero-order valence-electron chi connectivity index (χ0n) is 14.5. The van der Waals surface area contributed by atoms with Crippen LogP contribution >= 0.6 is 0 Å². The van der Waals surface area contributed by atoms with Gasteiger partial charge in [-0.15, -0.1) is 0 Å². The van der Waals surface area contributed by atoms with Gasteiger partial charge in [0.2, 0.25) is 5.79 Å². The highest BCUT2D eigenvalue weighted by Crippen LogP contribution is 2.35. The maximum atomic E-state index is 10.4. The van der Waals surface area contributed by atoms with Gasteiger partial charge in [0, 0.05) is 6.54 Å². The number of nitrogens with zero attached hydrogens (tertiary/aromatic N) is 4. The highest BCUT2D eigenvalue weighted by molar-refractivity contribution is 5.97. The number of nitrogens with two attached hydrogens (primary N) is 1. The molecule has 1 aromatic rings. The number of hydrogen-bond donors (Lipinski definition) is 5. The van der Waals surface area contributed by atoms with E-state index in [0.717, 1.165) is 5.56 Å². The highest BCUT2D eigenvalue weighted by Gasteiger charge is 2.58. The summed E-state index contributed by atoms with van der Waals surface area (Å²) in [4.78, 5) is 11.6.